The molecule has 0 aromatic heterocycles. The van der Waals surface area contributed by atoms with Gasteiger partial charge in [0, 0.05) is 22.8 Å². The molecule has 0 atom stereocenters. The van der Waals surface area contributed by atoms with Crippen molar-refractivity contribution in [3.8, 4) is 11.1 Å². The van der Waals surface area contributed by atoms with Crippen LogP contribution in [0.3, 0.4) is 0 Å². The molecule has 0 heterocycles. The van der Waals surface area contributed by atoms with Gasteiger partial charge in [-0.2, -0.15) is 0 Å². The molecule has 0 radical (unpaired) electrons. The molecule has 28 heavy (non-hydrogen) atoms. The predicted molar refractivity (Wildman–Crippen MR) is 126 cm³/mol. The lowest BCUT2D eigenvalue weighted by atomic mass is 10.0. The van der Waals surface area contributed by atoms with Crippen molar-refractivity contribution in [3.05, 3.63) is 36.4 Å². The molecule has 0 saturated heterocycles. The lowest BCUT2D eigenvalue weighted by Gasteiger charge is -2.10. The van der Waals surface area contributed by atoms with Gasteiger partial charge in [-0.05, 0) is 90.8 Å². The lowest BCUT2D eigenvalue weighted by molar-refractivity contribution is 1.39. The maximum Gasteiger partial charge on any atom is 0.0891 e. The topological polar surface area (TPSA) is 49.4 Å². The van der Waals surface area contributed by atoms with Crippen LogP contribution in [0.4, 0.5) is 22.7 Å². The van der Waals surface area contributed by atoms with Crippen LogP contribution in [0.25, 0.3) is 11.1 Å². The van der Waals surface area contributed by atoms with Crippen molar-refractivity contribution in [2.24, 2.45) is 20.0 Å². The molecule has 0 fully saturated rings. The van der Waals surface area contributed by atoms with Crippen molar-refractivity contribution >= 4 is 45.6 Å². The SMILES string of the molecule is CC(C)=Nc1ccc(-c2ccc(N=C(C)C)c(N=C(C)C)c2)cc1N=C(C)C. The molecule has 0 saturated carbocycles. The summed E-state index contributed by atoms with van der Waals surface area (Å²) in [6.45, 7) is 16.0. The van der Waals surface area contributed by atoms with Crippen LogP contribution in [0.5, 0.6) is 0 Å². The third-order valence-corrected chi connectivity index (χ3v) is 3.66. The van der Waals surface area contributed by atoms with Crippen molar-refractivity contribution in [1.29, 1.82) is 0 Å². The molecular formula is C24H30N4. The van der Waals surface area contributed by atoms with Gasteiger partial charge >= 0.3 is 0 Å². The van der Waals surface area contributed by atoms with Crippen LogP contribution in [0.2, 0.25) is 0 Å². The van der Waals surface area contributed by atoms with Crippen molar-refractivity contribution in [2.45, 2.75) is 55.4 Å². The van der Waals surface area contributed by atoms with Gasteiger partial charge in [-0.15, -0.1) is 0 Å². The highest BCUT2D eigenvalue weighted by Crippen LogP contribution is 2.37. The third-order valence-electron chi connectivity index (χ3n) is 3.66. The Morgan fingerprint density at radius 2 is 0.714 bits per heavy atom. The van der Waals surface area contributed by atoms with E-state index >= 15 is 0 Å². The van der Waals surface area contributed by atoms with E-state index < -0.39 is 0 Å². The van der Waals surface area contributed by atoms with Crippen molar-refractivity contribution < 1.29 is 0 Å². The first-order valence-corrected chi connectivity index (χ1v) is 9.51. The minimum Gasteiger partial charge on any atom is -0.256 e. The van der Waals surface area contributed by atoms with Crippen molar-refractivity contribution in [1.82, 2.24) is 0 Å². The van der Waals surface area contributed by atoms with Crippen LogP contribution >= 0.6 is 0 Å². The van der Waals surface area contributed by atoms with Gasteiger partial charge in [0.15, 0.2) is 0 Å². The molecule has 0 spiro atoms. The molecule has 0 N–H and O–H groups in total. The largest absolute Gasteiger partial charge is 0.256 e. The van der Waals surface area contributed by atoms with Gasteiger partial charge in [-0.1, -0.05) is 12.1 Å². The zero-order valence-corrected chi connectivity index (χ0v) is 18.3. The maximum absolute atomic E-state index is 4.69. The van der Waals surface area contributed by atoms with E-state index in [-0.39, 0.29) is 0 Å². The van der Waals surface area contributed by atoms with E-state index in [1.807, 2.05) is 67.5 Å². The molecule has 0 aliphatic carbocycles. The standard InChI is InChI=1S/C24H30N4/c1-15(2)25-21-11-9-19(13-23(21)27-17(5)6)20-10-12-22(26-16(3)4)24(14-20)28-18(7)8/h9-14H,1-8H3. The van der Waals surface area contributed by atoms with E-state index in [4.69, 9.17) is 0 Å². The molecule has 2 aromatic rings. The Bertz CT molecular complexity index is 894. The summed E-state index contributed by atoms with van der Waals surface area (Å²) >= 11 is 0. The Morgan fingerprint density at radius 1 is 0.429 bits per heavy atom. The molecule has 2 aromatic carbocycles. The summed E-state index contributed by atoms with van der Waals surface area (Å²) in [6, 6.07) is 12.4. The van der Waals surface area contributed by atoms with E-state index in [9.17, 15) is 0 Å². The molecule has 4 nitrogen and oxygen atoms in total. The quantitative estimate of drug-likeness (QED) is 0.479. The number of hydrogen-bond acceptors (Lipinski definition) is 4. The van der Waals surface area contributed by atoms with Gasteiger partial charge in [0.25, 0.3) is 0 Å². The summed E-state index contributed by atoms with van der Waals surface area (Å²) in [5, 5.41) is 0. The molecule has 0 aliphatic rings. The summed E-state index contributed by atoms with van der Waals surface area (Å²) in [7, 11) is 0. The fourth-order valence-corrected chi connectivity index (χ4v) is 2.74. The summed E-state index contributed by atoms with van der Waals surface area (Å²) < 4.78 is 0. The van der Waals surface area contributed by atoms with Gasteiger partial charge in [-0.3, -0.25) is 20.0 Å². The second kappa shape index (κ2) is 9.36. The van der Waals surface area contributed by atoms with Crippen molar-refractivity contribution in [2.75, 3.05) is 0 Å². The smallest absolute Gasteiger partial charge is 0.0891 e. The Morgan fingerprint density at radius 3 is 1.00 bits per heavy atom. The normalized spacial score (nSPS) is 10.1. The average Bonchev–Trinajstić information content (AvgIpc) is 2.56. The first-order valence-electron chi connectivity index (χ1n) is 9.51. The highest BCUT2D eigenvalue weighted by Gasteiger charge is 2.08. The highest BCUT2D eigenvalue weighted by atomic mass is 14.8. The summed E-state index contributed by atoms with van der Waals surface area (Å²) in [6.07, 6.45) is 0. The van der Waals surface area contributed by atoms with Crippen molar-refractivity contribution in [3.63, 3.8) is 0 Å². The molecule has 0 aliphatic heterocycles. The Balaban J connectivity index is 2.64. The molecule has 4 heteroatoms. The fourth-order valence-electron chi connectivity index (χ4n) is 2.74. The predicted octanol–water partition coefficient (Wildman–Crippen LogP) is 7.80. The summed E-state index contributed by atoms with van der Waals surface area (Å²) in [4.78, 5) is 18.6. The number of rotatable bonds is 5. The van der Waals surface area contributed by atoms with Gasteiger partial charge in [-0.25, -0.2) is 0 Å². The van der Waals surface area contributed by atoms with E-state index in [0.717, 1.165) is 56.7 Å². The van der Waals surface area contributed by atoms with Crippen LogP contribution < -0.4 is 0 Å². The zero-order chi connectivity index (χ0) is 20.8. The third kappa shape index (κ3) is 6.08. The molecule has 2 rings (SSSR count). The van der Waals surface area contributed by atoms with Gasteiger partial charge in [0.2, 0.25) is 0 Å². The minimum atomic E-state index is 0.877. The first kappa shape index (κ1) is 21.4. The van der Waals surface area contributed by atoms with Crippen LogP contribution in [0.1, 0.15) is 55.4 Å². The molecule has 0 amide bonds. The Labute approximate surface area is 168 Å². The van der Waals surface area contributed by atoms with Gasteiger partial charge in [0.1, 0.15) is 0 Å². The van der Waals surface area contributed by atoms with E-state index in [1.54, 1.807) is 0 Å². The first-order chi connectivity index (χ1) is 13.2. The minimum absolute atomic E-state index is 0.877. The van der Waals surface area contributed by atoms with Crippen LogP contribution in [0, 0.1) is 0 Å². The molecular weight excluding hydrogens is 344 g/mol. The number of hydrogen-bond donors (Lipinski definition) is 0. The maximum atomic E-state index is 4.69. The van der Waals surface area contributed by atoms with Crippen LogP contribution in [-0.4, -0.2) is 22.8 Å². The molecule has 0 bridgehead atoms. The van der Waals surface area contributed by atoms with Gasteiger partial charge in [0.05, 0.1) is 22.7 Å². The average molecular weight is 375 g/mol. The van der Waals surface area contributed by atoms with Crippen LogP contribution in [0.15, 0.2) is 56.4 Å². The lowest BCUT2D eigenvalue weighted by Crippen LogP contribution is -1.86. The van der Waals surface area contributed by atoms with Gasteiger partial charge < -0.3 is 0 Å². The number of benzene rings is 2. The zero-order valence-electron chi connectivity index (χ0n) is 18.3. The van der Waals surface area contributed by atoms with E-state index in [1.165, 1.54) is 0 Å². The second-order valence-electron chi connectivity index (χ2n) is 7.64. The summed E-state index contributed by atoms with van der Waals surface area (Å²) in [5.41, 5.74) is 9.70. The molecule has 0 unspecified atom stereocenters. The molecule has 146 valence electrons. The van der Waals surface area contributed by atoms with Crippen LogP contribution in [-0.2, 0) is 0 Å². The summed E-state index contributed by atoms with van der Waals surface area (Å²) in [5.74, 6) is 0. The van der Waals surface area contributed by atoms with E-state index in [0.29, 0.717) is 0 Å². The monoisotopic (exact) mass is 374 g/mol. The van der Waals surface area contributed by atoms with E-state index in [2.05, 4.69) is 44.2 Å². The number of nitrogens with zero attached hydrogens (tertiary/aromatic N) is 4. The Hall–Kier alpha value is -2.88. The Kier molecular flexibility index (Phi) is 7.16. The number of aliphatic imine (C=N–C) groups is 4. The second-order valence-corrected chi connectivity index (χ2v) is 7.64. The highest BCUT2D eigenvalue weighted by molar-refractivity contribution is 5.91. The fraction of sp³-hybridized carbons (Fsp3) is 0.333.